The molecular formula is C12H15NO2. The number of carbonyl (C=O) groups is 2. The van der Waals surface area contributed by atoms with Gasteiger partial charge in [-0.15, -0.1) is 0 Å². The molecule has 3 nitrogen and oxygen atoms in total. The molecule has 3 heteroatoms. The lowest BCUT2D eigenvalue weighted by atomic mass is 10.0. The molecule has 0 aliphatic heterocycles. The smallest absolute Gasteiger partial charge is 0.221 e. The highest BCUT2D eigenvalue weighted by molar-refractivity contribution is 5.88. The molecular weight excluding hydrogens is 190 g/mol. The summed E-state index contributed by atoms with van der Waals surface area (Å²) in [5, 5.41) is 2.71. The van der Waals surface area contributed by atoms with Crippen LogP contribution in [0.5, 0.6) is 0 Å². The average Bonchev–Trinajstić information content (AvgIpc) is 2.17. The van der Waals surface area contributed by atoms with Crippen LogP contribution in [0.2, 0.25) is 0 Å². The van der Waals surface area contributed by atoms with Gasteiger partial charge in [-0.2, -0.15) is 0 Å². The zero-order chi connectivity index (χ0) is 11.3. The van der Waals surface area contributed by atoms with E-state index >= 15 is 0 Å². The summed E-state index contributed by atoms with van der Waals surface area (Å²) in [6.07, 6.45) is 1.64. The van der Waals surface area contributed by atoms with E-state index in [1.54, 1.807) is 0 Å². The highest BCUT2D eigenvalue weighted by Crippen LogP contribution is 2.13. The van der Waals surface area contributed by atoms with Gasteiger partial charge < -0.3 is 10.1 Å². The van der Waals surface area contributed by atoms with Crippen LogP contribution >= 0.6 is 0 Å². The normalized spacial score (nSPS) is 11.9. The zero-order valence-corrected chi connectivity index (χ0v) is 8.99. The molecule has 0 saturated carbocycles. The Morgan fingerprint density at radius 2 is 2.27 bits per heavy atom. The number of hydrogen-bond donors (Lipinski definition) is 1. The Kier molecular flexibility index (Phi) is 4.03. The molecule has 1 atom stereocenters. The van der Waals surface area contributed by atoms with Crippen molar-refractivity contribution in [2.45, 2.75) is 20.3 Å². The van der Waals surface area contributed by atoms with Crippen LogP contribution in [-0.4, -0.2) is 12.2 Å². The van der Waals surface area contributed by atoms with Crippen LogP contribution in [0.4, 0.5) is 5.69 Å². The summed E-state index contributed by atoms with van der Waals surface area (Å²) < 4.78 is 0. The van der Waals surface area contributed by atoms with Gasteiger partial charge in [0, 0.05) is 18.5 Å². The van der Waals surface area contributed by atoms with Crippen LogP contribution in [0.1, 0.15) is 19.4 Å². The Labute approximate surface area is 89.5 Å². The van der Waals surface area contributed by atoms with Gasteiger partial charge in [-0.05, 0) is 24.1 Å². The van der Waals surface area contributed by atoms with Crippen LogP contribution in [-0.2, 0) is 16.0 Å². The van der Waals surface area contributed by atoms with E-state index in [1.807, 2.05) is 31.2 Å². The number of benzene rings is 1. The van der Waals surface area contributed by atoms with E-state index in [-0.39, 0.29) is 11.8 Å². The highest BCUT2D eigenvalue weighted by atomic mass is 16.1. The van der Waals surface area contributed by atoms with Crippen molar-refractivity contribution in [3.8, 4) is 0 Å². The van der Waals surface area contributed by atoms with Gasteiger partial charge in [0.1, 0.15) is 6.29 Å². The molecule has 0 aliphatic carbocycles. The molecule has 80 valence electrons. The molecule has 1 amide bonds. The number of aldehydes is 1. The maximum atomic E-state index is 10.8. The monoisotopic (exact) mass is 205 g/mol. The van der Waals surface area contributed by atoms with Gasteiger partial charge >= 0.3 is 0 Å². The van der Waals surface area contributed by atoms with Gasteiger partial charge in [-0.1, -0.05) is 19.1 Å². The van der Waals surface area contributed by atoms with Crippen molar-refractivity contribution in [2.24, 2.45) is 5.92 Å². The number of hydrogen-bond acceptors (Lipinski definition) is 2. The van der Waals surface area contributed by atoms with Crippen LogP contribution in [0.15, 0.2) is 24.3 Å². The summed E-state index contributed by atoms with van der Waals surface area (Å²) in [6, 6.07) is 7.54. The lowest BCUT2D eigenvalue weighted by Crippen LogP contribution is -2.06. The van der Waals surface area contributed by atoms with E-state index in [1.165, 1.54) is 6.92 Å². The Balaban J connectivity index is 2.73. The molecule has 1 unspecified atom stereocenters. The van der Waals surface area contributed by atoms with Crippen LogP contribution in [0.3, 0.4) is 0 Å². The first-order chi connectivity index (χ1) is 7.11. The summed E-state index contributed by atoms with van der Waals surface area (Å²) in [6.45, 7) is 3.35. The molecule has 1 aromatic carbocycles. The minimum absolute atomic E-state index is 0.0116. The topological polar surface area (TPSA) is 46.2 Å². The minimum atomic E-state index is -0.0874. The largest absolute Gasteiger partial charge is 0.326 e. The Hall–Kier alpha value is -1.64. The fourth-order valence-electron chi connectivity index (χ4n) is 1.40. The zero-order valence-electron chi connectivity index (χ0n) is 8.99. The highest BCUT2D eigenvalue weighted by Gasteiger charge is 2.03. The van der Waals surface area contributed by atoms with Gasteiger partial charge in [-0.25, -0.2) is 0 Å². The fraction of sp³-hybridized carbons (Fsp3) is 0.333. The van der Waals surface area contributed by atoms with E-state index in [2.05, 4.69) is 5.32 Å². The third-order valence-electron chi connectivity index (χ3n) is 2.04. The van der Waals surface area contributed by atoms with Gasteiger partial charge in [-0.3, -0.25) is 4.79 Å². The fourth-order valence-corrected chi connectivity index (χ4v) is 1.40. The Morgan fingerprint density at radius 1 is 1.53 bits per heavy atom. The van der Waals surface area contributed by atoms with Crippen molar-refractivity contribution in [3.05, 3.63) is 29.8 Å². The molecule has 1 N–H and O–H groups in total. The molecule has 15 heavy (non-hydrogen) atoms. The number of nitrogens with one attached hydrogen (secondary N) is 1. The van der Waals surface area contributed by atoms with E-state index in [4.69, 9.17) is 0 Å². The van der Waals surface area contributed by atoms with Gasteiger partial charge in [0.25, 0.3) is 0 Å². The summed E-state index contributed by atoms with van der Waals surface area (Å²) in [5.74, 6) is -0.0758. The summed E-state index contributed by atoms with van der Waals surface area (Å²) >= 11 is 0. The lowest BCUT2D eigenvalue weighted by molar-refractivity contribution is -0.114. The lowest BCUT2D eigenvalue weighted by Gasteiger charge is -2.06. The molecule has 0 bridgehead atoms. The molecule has 0 heterocycles. The number of anilines is 1. The van der Waals surface area contributed by atoms with Crippen LogP contribution < -0.4 is 5.32 Å². The predicted molar refractivity (Wildman–Crippen MR) is 59.7 cm³/mol. The number of rotatable bonds is 4. The number of carbonyl (C=O) groups excluding carboxylic acids is 2. The van der Waals surface area contributed by atoms with Gasteiger partial charge in [0.15, 0.2) is 0 Å². The first kappa shape index (κ1) is 11.4. The Morgan fingerprint density at radius 3 is 2.87 bits per heavy atom. The van der Waals surface area contributed by atoms with Crippen molar-refractivity contribution >= 4 is 17.9 Å². The third-order valence-corrected chi connectivity index (χ3v) is 2.04. The van der Waals surface area contributed by atoms with Gasteiger partial charge in [0.2, 0.25) is 5.91 Å². The van der Waals surface area contributed by atoms with Crippen LogP contribution in [0.25, 0.3) is 0 Å². The van der Waals surface area contributed by atoms with Crippen molar-refractivity contribution in [1.82, 2.24) is 0 Å². The average molecular weight is 205 g/mol. The third kappa shape index (κ3) is 3.94. The molecule has 1 aromatic rings. The van der Waals surface area contributed by atoms with Crippen molar-refractivity contribution in [1.29, 1.82) is 0 Å². The standard InChI is InChI=1S/C12H15NO2/c1-9(8-14)6-11-4-3-5-12(7-11)13-10(2)15/h3-5,7-9H,6H2,1-2H3,(H,13,15). The second-order valence-electron chi connectivity index (χ2n) is 3.70. The summed E-state index contributed by atoms with van der Waals surface area (Å²) in [7, 11) is 0. The second-order valence-corrected chi connectivity index (χ2v) is 3.70. The molecule has 0 saturated heterocycles. The maximum Gasteiger partial charge on any atom is 0.221 e. The van der Waals surface area contributed by atoms with Gasteiger partial charge in [0.05, 0.1) is 0 Å². The molecule has 0 radical (unpaired) electrons. The van der Waals surface area contributed by atoms with Crippen molar-refractivity contribution < 1.29 is 9.59 Å². The van der Waals surface area contributed by atoms with Crippen LogP contribution in [0, 0.1) is 5.92 Å². The van der Waals surface area contributed by atoms with E-state index < -0.39 is 0 Å². The molecule has 0 aromatic heterocycles. The maximum absolute atomic E-state index is 10.8. The number of amides is 1. The summed E-state index contributed by atoms with van der Waals surface area (Å²) in [4.78, 5) is 21.3. The minimum Gasteiger partial charge on any atom is -0.326 e. The van der Waals surface area contributed by atoms with Crippen molar-refractivity contribution in [2.75, 3.05) is 5.32 Å². The first-order valence-electron chi connectivity index (χ1n) is 4.93. The van der Waals surface area contributed by atoms with Crippen molar-refractivity contribution in [3.63, 3.8) is 0 Å². The van der Waals surface area contributed by atoms with E-state index in [9.17, 15) is 9.59 Å². The van der Waals surface area contributed by atoms with E-state index in [0.717, 1.165) is 17.5 Å². The summed E-state index contributed by atoms with van der Waals surface area (Å²) in [5.41, 5.74) is 1.83. The predicted octanol–water partition coefficient (Wildman–Crippen LogP) is 2.02. The SMILES string of the molecule is CC(=O)Nc1cccc(CC(C)C=O)c1. The second kappa shape index (κ2) is 5.29. The molecule has 0 spiro atoms. The molecule has 0 aliphatic rings. The first-order valence-corrected chi connectivity index (χ1v) is 4.93. The quantitative estimate of drug-likeness (QED) is 0.764. The Bertz CT molecular complexity index is 360. The molecule has 0 fully saturated rings. The molecule has 1 rings (SSSR count). The van der Waals surface area contributed by atoms with E-state index in [0.29, 0.717) is 6.42 Å².